The molecule has 114 valence electrons. The third kappa shape index (κ3) is 3.64. The molecule has 0 radical (unpaired) electrons. The van der Waals surface area contributed by atoms with E-state index in [2.05, 4.69) is 15.2 Å². The molecule has 1 N–H and O–H groups in total. The second-order valence-electron chi connectivity index (χ2n) is 5.48. The van der Waals surface area contributed by atoms with Crippen molar-refractivity contribution in [3.8, 4) is 0 Å². The molecule has 3 heterocycles. The number of carbonyl (C=O) groups excluding carboxylic acids is 1. The molecule has 1 aromatic heterocycles. The van der Waals surface area contributed by atoms with Gasteiger partial charge < -0.3 is 19.9 Å². The molecule has 6 nitrogen and oxygen atoms in total. The molecule has 6 heteroatoms. The van der Waals surface area contributed by atoms with Gasteiger partial charge in [-0.3, -0.25) is 0 Å². The number of hydrogen-bond donors (Lipinski definition) is 1. The van der Waals surface area contributed by atoms with Crippen LogP contribution in [0.1, 0.15) is 12.8 Å². The first-order valence-electron chi connectivity index (χ1n) is 7.63. The van der Waals surface area contributed by atoms with Crippen molar-refractivity contribution in [3.63, 3.8) is 0 Å². The zero-order valence-electron chi connectivity index (χ0n) is 12.2. The highest BCUT2D eigenvalue weighted by Crippen LogP contribution is 2.13. The average molecular weight is 290 g/mol. The lowest BCUT2D eigenvalue weighted by Crippen LogP contribution is -2.52. The van der Waals surface area contributed by atoms with Crippen LogP contribution in [0, 0.1) is 0 Å². The Hall–Kier alpha value is -1.82. The molecule has 2 aliphatic heterocycles. The molecule has 0 aliphatic carbocycles. The van der Waals surface area contributed by atoms with E-state index in [1.54, 1.807) is 6.20 Å². The molecule has 2 aliphatic rings. The van der Waals surface area contributed by atoms with Gasteiger partial charge in [0.1, 0.15) is 5.82 Å². The summed E-state index contributed by atoms with van der Waals surface area (Å²) in [6, 6.07) is 5.93. The molecule has 2 saturated heterocycles. The first kappa shape index (κ1) is 14.1. The Morgan fingerprint density at radius 1 is 1.33 bits per heavy atom. The topological polar surface area (TPSA) is 57.7 Å². The smallest absolute Gasteiger partial charge is 0.317 e. The zero-order valence-corrected chi connectivity index (χ0v) is 12.2. The standard InChI is InChI=1S/C15H22N4O2/c20-15(17-12-13-4-3-11-21-13)19-9-7-18(8-10-19)14-5-1-2-6-16-14/h1-2,5-6,13H,3-4,7-12H2,(H,17,20). The first-order chi connectivity index (χ1) is 10.3. The van der Waals surface area contributed by atoms with Gasteiger partial charge in [-0.05, 0) is 25.0 Å². The van der Waals surface area contributed by atoms with Crippen LogP contribution in [0.3, 0.4) is 0 Å². The van der Waals surface area contributed by atoms with Gasteiger partial charge in [0.05, 0.1) is 6.10 Å². The van der Waals surface area contributed by atoms with Crippen LogP contribution in [0.25, 0.3) is 0 Å². The number of amides is 2. The fourth-order valence-electron chi connectivity index (χ4n) is 2.80. The molecule has 2 amide bonds. The van der Waals surface area contributed by atoms with Crippen LogP contribution < -0.4 is 10.2 Å². The van der Waals surface area contributed by atoms with E-state index in [0.717, 1.165) is 51.4 Å². The van der Waals surface area contributed by atoms with Gasteiger partial charge in [-0.25, -0.2) is 9.78 Å². The monoisotopic (exact) mass is 290 g/mol. The molecule has 1 aromatic rings. The highest BCUT2D eigenvalue weighted by Gasteiger charge is 2.23. The summed E-state index contributed by atoms with van der Waals surface area (Å²) < 4.78 is 5.52. The Balaban J connectivity index is 1.43. The van der Waals surface area contributed by atoms with Crippen LogP contribution in [0.5, 0.6) is 0 Å². The molecule has 2 fully saturated rings. The Bertz CT molecular complexity index is 454. The molecule has 1 atom stereocenters. The Labute approximate surface area is 125 Å². The molecule has 0 bridgehead atoms. The summed E-state index contributed by atoms with van der Waals surface area (Å²) in [4.78, 5) is 20.6. The van der Waals surface area contributed by atoms with Crippen molar-refractivity contribution in [1.29, 1.82) is 0 Å². The number of piperazine rings is 1. The van der Waals surface area contributed by atoms with Crippen molar-refractivity contribution in [1.82, 2.24) is 15.2 Å². The zero-order chi connectivity index (χ0) is 14.5. The van der Waals surface area contributed by atoms with Crippen molar-refractivity contribution >= 4 is 11.8 Å². The lowest BCUT2D eigenvalue weighted by Gasteiger charge is -2.35. The number of nitrogens with zero attached hydrogens (tertiary/aromatic N) is 3. The van der Waals surface area contributed by atoms with E-state index >= 15 is 0 Å². The van der Waals surface area contributed by atoms with Crippen LogP contribution in [0.15, 0.2) is 24.4 Å². The highest BCUT2D eigenvalue weighted by atomic mass is 16.5. The van der Waals surface area contributed by atoms with Crippen LogP contribution >= 0.6 is 0 Å². The molecule has 3 rings (SSSR count). The summed E-state index contributed by atoms with van der Waals surface area (Å²) in [5, 5.41) is 2.98. The van der Waals surface area contributed by atoms with Gasteiger partial charge in [-0.1, -0.05) is 6.07 Å². The lowest BCUT2D eigenvalue weighted by atomic mass is 10.2. The minimum atomic E-state index is 0.0196. The molecular weight excluding hydrogens is 268 g/mol. The summed E-state index contributed by atoms with van der Waals surface area (Å²) in [5.74, 6) is 0.983. The number of anilines is 1. The van der Waals surface area contributed by atoms with Crippen LogP contribution in [-0.2, 0) is 4.74 Å². The minimum Gasteiger partial charge on any atom is -0.376 e. The van der Waals surface area contributed by atoms with Crippen LogP contribution in [-0.4, -0.2) is 61.3 Å². The lowest BCUT2D eigenvalue weighted by molar-refractivity contribution is 0.108. The van der Waals surface area contributed by atoms with E-state index in [1.165, 1.54) is 0 Å². The van der Waals surface area contributed by atoms with E-state index in [0.29, 0.717) is 6.54 Å². The second kappa shape index (κ2) is 6.76. The highest BCUT2D eigenvalue weighted by molar-refractivity contribution is 5.74. The molecule has 21 heavy (non-hydrogen) atoms. The summed E-state index contributed by atoms with van der Waals surface area (Å²) in [6.45, 7) is 4.55. The minimum absolute atomic E-state index is 0.0196. The number of pyridine rings is 1. The van der Waals surface area contributed by atoms with Crippen molar-refractivity contribution in [2.24, 2.45) is 0 Å². The third-order valence-electron chi connectivity index (χ3n) is 4.05. The number of urea groups is 1. The van der Waals surface area contributed by atoms with E-state index in [1.807, 2.05) is 23.1 Å². The van der Waals surface area contributed by atoms with Crippen LogP contribution in [0.2, 0.25) is 0 Å². The van der Waals surface area contributed by atoms with Gasteiger partial charge in [0.25, 0.3) is 0 Å². The molecule has 0 saturated carbocycles. The van der Waals surface area contributed by atoms with Crippen LogP contribution in [0.4, 0.5) is 10.6 Å². The van der Waals surface area contributed by atoms with Gasteiger partial charge in [0.2, 0.25) is 0 Å². The largest absolute Gasteiger partial charge is 0.376 e. The van der Waals surface area contributed by atoms with Crippen molar-refractivity contribution in [3.05, 3.63) is 24.4 Å². The molecule has 0 spiro atoms. The maximum Gasteiger partial charge on any atom is 0.317 e. The van der Waals surface area contributed by atoms with Gasteiger partial charge in [-0.15, -0.1) is 0 Å². The Kier molecular flexibility index (Phi) is 4.55. The van der Waals surface area contributed by atoms with Crippen molar-refractivity contribution < 1.29 is 9.53 Å². The fraction of sp³-hybridized carbons (Fsp3) is 0.600. The van der Waals surface area contributed by atoms with E-state index in [9.17, 15) is 4.79 Å². The maximum atomic E-state index is 12.1. The average Bonchev–Trinajstić information content (AvgIpc) is 3.07. The number of nitrogens with one attached hydrogen (secondary N) is 1. The summed E-state index contributed by atoms with van der Waals surface area (Å²) in [6.07, 6.45) is 4.15. The maximum absolute atomic E-state index is 12.1. The second-order valence-corrected chi connectivity index (χ2v) is 5.48. The summed E-state index contributed by atoms with van der Waals surface area (Å²) in [5.41, 5.74) is 0. The SMILES string of the molecule is O=C(NCC1CCCO1)N1CCN(c2ccccn2)CC1. The molecule has 1 unspecified atom stereocenters. The quantitative estimate of drug-likeness (QED) is 0.905. The summed E-state index contributed by atoms with van der Waals surface area (Å²) >= 11 is 0. The predicted molar refractivity (Wildman–Crippen MR) is 80.4 cm³/mol. The third-order valence-corrected chi connectivity index (χ3v) is 4.05. The number of aromatic nitrogens is 1. The van der Waals surface area contributed by atoms with E-state index in [4.69, 9.17) is 4.74 Å². The number of carbonyl (C=O) groups is 1. The van der Waals surface area contributed by atoms with Gasteiger partial charge in [0.15, 0.2) is 0 Å². The summed E-state index contributed by atoms with van der Waals surface area (Å²) in [7, 11) is 0. The Morgan fingerprint density at radius 2 is 2.19 bits per heavy atom. The van der Waals surface area contributed by atoms with Gasteiger partial charge in [-0.2, -0.15) is 0 Å². The molecule has 0 aromatic carbocycles. The van der Waals surface area contributed by atoms with E-state index < -0.39 is 0 Å². The molecular formula is C15H22N4O2. The van der Waals surface area contributed by atoms with Gasteiger partial charge in [0, 0.05) is 45.5 Å². The normalized spacial score (nSPS) is 22.4. The van der Waals surface area contributed by atoms with Gasteiger partial charge >= 0.3 is 6.03 Å². The van der Waals surface area contributed by atoms with Crippen molar-refractivity contribution in [2.75, 3.05) is 44.2 Å². The number of rotatable bonds is 3. The predicted octanol–water partition coefficient (Wildman–Crippen LogP) is 1.09. The van der Waals surface area contributed by atoms with Crippen molar-refractivity contribution in [2.45, 2.75) is 18.9 Å². The number of hydrogen-bond acceptors (Lipinski definition) is 4. The van der Waals surface area contributed by atoms with E-state index in [-0.39, 0.29) is 12.1 Å². The number of ether oxygens (including phenoxy) is 1. The Morgan fingerprint density at radius 3 is 2.86 bits per heavy atom. The first-order valence-corrected chi connectivity index (χ1v) is 7.63. The fourth-order valence-corrected chi connectivity index (χ4v) is 2.80.